The lowest BCUT2D eigenvalue weighted by Crippen LogP contribution is -2.16. The summed E-state index contributed by atoms with van der Waals surface area (Å²) < 4.78 is 30.0. The van der Waals surface area contributed by atoms with Crippen LogP contribution in [0.4, 0.5) is 8.78 Å². The SMILES string of the molecule is CC(=Nn1c(-c2ccccc2F)csc1=NC(C)C)c1ccccc1F. The van der Waals surface area contributed by atoms with Gasteiger partial charge in [0.05, 0.1) is 11.4 Å². The van der Waals surface area contributed by atoms with E-state index in [2.05, 4.69) is 10.1 Å². The zero-order chi connectivity index (χ0) is 18.7. The van der Waals surface area contributed by atoms with E-state index in [-0.39, 0.29) is 17.7 Å². The largest absolute Gasteiger partial charge is 0.255 e. The summed E-state index contributed by atoms with van der Waals surface area (Å²) in [6, 6.07) is 13.0. The van der Waals surface area contributed by atoms with Gasteiger partial charge in [0.25, 0.3) is 0 Å². The number of hydrogen-bond acceptors (Lipinski definition) is 3. The second-order valence-corrected chi connectivity index (χ2v) is 6.92. The average Bonchev–Trinajstić information content (AvgIpc) is 2.97. The molecule has 0 saturated carbocycles. The average molecular weight is 371 g/mol. The molecule has 0 bridgehead atoms. The molecule has 0 unspecified atom stereocenters. The predicted octanol–water partition coefficient (Wildman–Crippen LogP) is 5.08. The Balaban J connectivity index is 2.22. The minimum absolute atomic E-state index is 0.0531. The van der Waals surface area contributed by atoms with Gasteiger partial charge in [-0.3, -0.25) is 4.99 Å². The van der Waals surface area contributed by atoms with E-state index in [0.717, 1.165) is 0 Å². The number of rotatable bonds is 4. The zero-order valence-corrected chi connectivity index (χ0v) is 15.6. The van der Waals surface area contributed by atoms with Crippen LogP contribution in [0.2, 0.25) is 0 Å². The van der Waals surface area contributed by atoms with Gasteiger partial charge in [0.15, 0.2) is 0 Å². The van der Waals surface area contributed by atoms with Gasteiger partial charge in [0, 0.05) is 22.5 Å². The third-order valence-corrected chi connectivity index (χ3v) is 4.55. The van der Waals surface area contributed by atoms with Gasteiger partial charge >= 0.3 is 0 Å². The van der Waals surface area contributed by atoms with E-state index in [4.69, 9.17) is 0 Å². The van der Waals surface area contributed by atoms with Gasteiger partial charge in [-0.1, -0.05) is 30.3 Å². The van der Waals surface area contributed by atoms with Gasteiger partial charge in [-0.15, -0.1) is 11.3 Å². The van der Waals surface area contributed by atoms with E-state index in [1.807, 2.05) is 19.2 Å². The third kappa shape index (κ3) is 3.80. The number of aromatic nitrogens is 1. The Bertz CT molecular complexity index is 1020. The van der Waals surface area contributed by atoms with Crippen molar-refractivity contribution in [3.63, 3.8) is 0 Å². The molecule has 0 saturated heterocycles. The Hall–Kier alpha value is -2.60. The Kier molecular flexibility index (Phi) is 5.42. The topological polar surface area (TPSA) is 29.6 Å². The molecule has 26 heavy (non-hydrogen) atoms. The molecular weight excluding hydrogens is 352 g/mol. The molecule has 0 aliphatic carbocycles. The summed E-state index contributed by atoms with van der Waals surface area (Å²) in [5, 5.41) is 6.38. The second-order valence-electron chi connectivity index (χ2n) is 6.08. The number of benzene rings is 2. The Labute approximate surface area is 155 Å². The molecule has 1 aromatic heterocycles. The van der Waals surface area contributed by atoms with Crippen molar-refractivity contribution in [1.82, 2.24) is 4.68 Å². The van der Waals surface area contributed by atoms with Gasteiger partial charge in [-0.05, 0) is 39.0 Å². The fourth-order valence-electron chi connectivity index (χ4n) is 2.52. The first kappa shape index (κ1) is 18.2. The molecule has 0 amide bonds. The summed E-state index contributed by atoms with van der Waals surface area (Å²) in [6.45, 7) is 5.65. The highest BCUT2D eigenvalue weighted by Crippen LogP contribution is 2.23. The fraction of sp³-hybridized carbons (Fsp3) is 0.200. The Morgan fingerprint density at radius 2 is 1.65 bits per heavy atom. The normalized spacial score (nSPS) is 12.8. The van der Waals surface area contributed by atoms with Crippen LogP contribution in [0.5, 0.6) is 0 Å². The first-order valence-corrected chi connectivity index (χ1v) is 9.15. The van der Waals surface area contributed by atoms with Gasteiger partial charge in [0.2, 0.25) is 4.80 Å². The van der Waals surface area contributed by atoms with Crippen molar-refractivity contribution in [3.8, 4) is 11.3 Å². The Morgan fingerprint density at radius 3 is 2.31 bits per heavy atom. The quantitative estimate of drug-likeness (QED) is 0.573. The molecule has 0 N–H and O–H groups in total. The van der Waals surface area contributed by atoms with Crippen molar-refractivity contribution in [2.75, 3.05) is 0 Å². The highest BCUT2D eigenvalue weighted by Gasteiger charge is 2.13. The Morgan fingerprint density at radius 1 is 1.00 bits per heavy atom. The molecule has 3 aromatic rings. The lowest BCUT2D eigenvalue weighted by Gasteiger charge is -2.08. The van der Waals surface area contributed by atoms with Crippen LogP contribution in [0.15, 0.2) is 64.0 Å². The summed E-state index contributed by atoms with van der Waals surface area (Å²) in [5.41, 5.74) is 1.91. The number of hydrogen-bond donors (Lipinski definition) is 0. The van der Waals surface area contributed by atoms with Gasteiger partial charge in [-0.2, -0.15) is 5.10 Å². The van der Waals surface area contributed by atoms with Crippen molar-refractivity contribution in [2.45, 2.75) is 26.8 Å². The summed E-state index contributed by atoms with van der Waals surface area (Å²) in [4.78, 5) is 5.20. The zero-order valence-electron chi connectivity index (χ0n) is 14.8. The number of thiazole rings is 1. The molecule has 0 aliphatic rings. The maximum absolute atomic E-state index is 14.3. The van der Waals surface area contributed by atoms with Gasteiger partial charge in [0.1, 0.15) is 11.6 Å². The minimum atomic E-state index is -0.348. The maximum Gasteiger partial charge on any atom is 0.206 e. The minimum Gasteiger partial charge on any atom is -0.255 e. The van der Waals surface area contributed by atoms with Crippen molar-refractivity contribution in [2.24, 2.45) is 10.1 Å². The molecule has 3 nitrogen and oxygen atoms in total. The van der Waals surface area contributed by atoms with Gasteiger partial charge < -0.3 is 0 Å². The molecule has 2 aromatic carbocycles. The summed E-state index contributed by atoms with van der Waals surface area (Å²) in [6.07, 6.45) is 0. The first-order valence-electron chi connectivity index (χ1n) is 8.27. The summed E-state index contributed by atoms with van der Waals surface area (Å²) >= 11 is 1.38. The van der Waals surface area contributed by atoms with E-state index < -0.39 is 0 Å². The van der Waals surface area contributed by atoms with Crippen molar-refractivity contribution in [1.29, 1.82) is 0 Å². The van der Waals surface area contributed by atoms with E-state index in [1.165, 1.54) is 23.5 Å². The third-order valence-electron chi connectivity index (χ3n) is 3.72. The first-order chi connectivity index (χ1) is 12.5. The van der Waals surface area contributed by atoms with Crippen molar-refractivity contribution >= 4 is 17.0 Å². The molecule has 0 spiro atoms. The standard InChI is InChI=1S/C20H19F2N3S/c1-13(2)23-20-25(24-14(3)15-8-4-6-10-17(15)21)19(12-26-20)16-9-5-7-11-18(16)22/h4-13H,1-3H3. The maximum atomic E-state index is 14.3. The molecule has 0 atom stereocenters. The van der Waals surface area contributed by atoms with E-state index >= 15 is 0 Å². The molecule has 0 fully saturated rings. The molecule has 6 heteroatoms. The van der Waals surface area contributed by atoms with Crippen LogP contribution in [-0.2, 0) is 0 Å². The second kappa shape index (κ2) is 7.74. The number of halogens is 2. The van der Waals surface area contributed by atoms with Crippen LogP contribution in [0.1, 0.15) is 26.3 Å². The molecule has 3 rings (SSSR count). The lowest BCUT2D eigenvalue weighted by atomic mass is 10.1. The predicted molar refractivity (Wildman–Crippen MR) is 102 cm³/mol. The fourth-order valence-corrected chi connectivity index (χ4v) is 3.47. The molecule has 0 radical (unpaired) electrons. The van der Waals surface area contributed by atoms with Crippen molar-refractivity contribution < 1.29 is 8.78 Å². The van der Waals surface area contributed by atoms with Crippen LogP contribution in [-0.4, -0.2) is 16.4 Å². The monoisotopic (exact) mass is 371 g/mol. The molecular formula is C20H19F2N3S. The summed E-state index contributed by atoms with van der Waals surface area (Å²) in [5.74, 6) is -0.687. The van der Waals surface area contributed by atoms with E-state index in [1.54, 1.807) is 48.0 Å². The highest BCUT2D eigenvalue weighted by molar-refractivity contribution is 7.07. The van der Waals surface area contributed by atoms with E-state index in [9.17, 15) is 8.78 Å². The molecule has 0 aliphatic heterocycles. The smallest absolute Gasteiger partial charge is 0.206 e. The molecule has 134 valence electrons. The highest BCUT2D eigenvalue weighted by atomic mass is 32.1. The number of nitrogens with zero attached hydrogens (tertiary/aromatic N) is 3. The van der Waals surface area contributed by atoms with E-state index in [0.29, 0.717) is 27.3 Å². The molecule has 1 heterocycles. The van der Waals surface area contributed by atoms with Crippen LogP contribution in [0.25, 0.3) is 11.3 Å². The van der Waals surface area contributed by atoms with Gasteiger partial charge in [-0.25, -0.2) is 13.5 Å². The summed E-state index contributed by atoms with van der Waals surface area (Å²) in [7, 11) is 0. The van der Waals surface area contributed by atoms with Crippen LogP contribution >= 0.6 is 11.3 Å². The van der Waals surface area contributed by atoms with Crippen LogP contribution in [0, 0.1) is 11.6 Å². The lowest BCUT2D eigenvalue weighted by molar-refractivity contribution is 0.624. The van der Waals surface area contributed by atoms with Crippen LogP contribution < -0.4 is 4.80 Å². The van der Waals surface area contributed by atoms with Crippen molar-refractivity contribution in [3.05, 3.63) is 75.9 Å². The van der Waals surface area contributed by atoms with Crippen LogP contribution in [0.3, 0.4) is 0 Å².